The SMILES string of the molecule is O=C(NCc1ccc(N2CCOCC2)nc1)C1CC(=O)N(c2ccccc2Cl)C1. The van der Waals surface area contributed by atoms with Gasteiger partial charge >= 0.3 is 0 Å². The number of hydrogen-bond acceptors (Lipinski definition) is 5. The Morgan fingerprint density at radius 3 is 2.72 bits per heavy atom. The van der Waals surface area contributed by atoms with Crippen molar-refractivity contribution in [3.8, 4) is 0 Å². The van der Waals surface area contributed by atoms with Crippen LogP contribution >= 0.6 is 11.6 Å². The van der Waals surface area contributed by atoms with Gasteiger partial charge in [-0.15, -0.1) is 0 Å². The fourth-order valence-corrected chi connectivity index (χ4v) is 3.86. The number of hydrogen-bond donors (Lipinski definition) is 1. The van der Waals surface area contributed by atoms with Crippen molar-refractivity contribution < 1.29 is 14.3 Å². The molecule has 4 rings (SSSR count). The molecule has 8 heteroatoms. The van der Waals surface area contributed by atoms with Crippen LogP contribution in [0.1, 0.15) is 12.0 Å². The second-order valence-electron chi connectivity index (χ2n) is 7.20. The van der Waals surface area contributed by atoms with Gasteiger partial charge in [-0.05, 0) is 23.8 Å². The Bertz CT molecular complexity index is 884. The summed E-state index contributed by atoms with van der Waals surface area (Å²) >= 11 is 6.20. The molecule has 7 nitrogen and oxygen atoms in total. The maximum atomic E-state index is 12.6. The van der Waals surface area contributed by atoms with E-state index in [4.69, 9.17) is 16.3 Å². The van der Waals surface area contributed by atoms with Gasteiger partial charge in [-0.1, -0.05) is 29.8 Å². The summed E-state index contributed by atoms with van der Waals surface area (Å²) in [6.45, 7) is 3.81. The summed E-state index contributed by atoms with van der Waals surface area (Å²) in [4.78, 5) is 33.2. The third-order valence-corrected chi connectivity index (χ3v) is 5.57. The number of nitrogens with zero attached hydrogens (tertiary/aromatic N) is 3. The monoisotopic (exact) mass is 414 g/mol. The van der Waals surface area contributed by atoms with Crippen LogP contribution < -0.4 is 15.1 Å². The van der Waals surface area contributed by atoms with Crippen molar-refractivity contribution in [3.63, 3.8) is 0 Å². The summed E-state index contributed by atoms with van der Waals surface area (Å²) < 4.78 is 5.36. The molecule has 0 bridgehead atoms. The Morgan fingerprint density at radius 2 is 2.00 bits per heavy atom. The molecule has 0 radical (unpaired) electrons. The lowest BCUT2D eigenvalue weighted by atomic mass is 10.1. The fraction of sp³-hybridized carbons (Fsp3) is 0.381. The minimum Gasteiger partial charge on any atom is -0.378 e. The quantitative estimate of drug-likeness (QED) is 0.812. The molecule has 2 amide bonds. The van der Waals surface area contributed by atoms with Crippen LogP contribution in [0.2, 0.25) is 5.02 Å². The lowest BCUT2D eigenvalue weighted by Gasteiger charge is -2.27. The second-order valence-corrected chi connectivity index (χ2v) is 7.61. The number of ether oxygens (including phenoxy) is 1. The summed E-state index contributed by atoms with van der Waals surface area (Å²) in [7, 11) is 0. The molecule has 2 aliphatic rings. The Balaban J connectivity index is 1.32. The van der Waals surface area contributed by atoms with Crippen LogP contribution in [0, 0.1) is 5.92 Å². The minimum absolute atomic E-state index is 0.0882. The summed E-state index contributed by atoms with van der Waals surface area (Å²) in [6, 6.07) is 11.1. The van der Waals surface area contributed by atoms with E-state index < -0.39 is 0 Å². The van der Waals surface area contributed by atoms with Crippen molar-refractivity contribution >= 4 is 34.9 Å². The van der Waals surface area contributed by atoms with Crippen molar-refractivity contribution in [1.29, 1.82) is 0 Å². The summed E-state index contributed by atoms with van der Waals surface area (Å²) in [5.41, 5.74) is 1.57. The molecule has 2 fully saturated rings. The van der Waals surface area contributed by atoms with Crippen molar-refractivity contribution in [3.05, 3.63) is 53.2 Å². The third-order valence-electron chi connectivity index (χ3n) is 5.25. The number of anilines is 2. The maximum absolute atomic E-state index is 12.6. The Labute approximate surface area is 174 Å². The normalized spacial score (nSPS) is 19.5. The number of amides is 2. The smallest absolute Gasteiger partial charge is 0.227 e. The number of aromatic nitrogens is 1. The third kappa shape index (κ3) is 4.52. The largest absolute Gasteiger partial charge is 0.378 e. The molecular formula is C21H23ClN4O3. The van der Waals surface area contributed by atoms with Gasteiger partial charge in [0.2, 0.25) is 11.8 Å². The van der Waals surface area contributed by atoms with Gasteiger partial charge in [0.15, 0.2) is 0 Å². The topological polar surface area (TPSA) is 74.8 Å². The number of carbonyl (C=O) groups is 2. The summed E-state index contributed by atoms with van der Waals surface area (Å²) in [5, 5.41) is 3.43. The predicted octanol–water partition coefficient (Wildman–Crippen LogP) is 2.24. The summed E-state index contributed by atoms with van der Waals surface area (Å²) in [6.07, 6.45) is 1.96. The number of nitrogens with one attached hydrogen (secondary N) is 1. The van der Waals surface area contributed by atoms with Gasteiger partial charge < -0.3 is 19.9 Å². The van der Waals surface area contributed by atoms with Crippen LogP contribution in [-0.2, 0) is 20.9 Å². The van der Waals surface area contributed by atoms with E-state index in [2.05, 4.69) is 15.2 Å². The maximum Gasteiger partial charge on any atom is 0.227 e. The molecule has 1 aromatic carbocycles. The Kier molecular flexibility index (Phi) is 5.97. The number of morpholine rings is 1. The molecule has 2 aromatic rings. The van der Waals surface area contributed by atoms with E-state index in [1.165, 1.54) is 0 Å². The highest BCUT2D eigenvalue weighted by atomic mass is 35.5. The molecular weight excluding hydrogens is 392 g/mol. The van der Waals surface area contributed by atoms with Crippen LogP contribution in [0.25, 0.3) is 0 Å². The van der Waals surface area contributed by atoms with E-state index in [0.717, 1.165) is 24.5 Å². The van der Waals surface area contributed by atoms with Gasteiger partial charge in [-0.3, -0.25) is 9.59 Å². The van der Waals surface area contributed by atoms with Gasteiger partial charge in [0.1, 0.15) is 5.82 Å². The second kappa shape index (κ2) is 8.80. The minimum atomic E-state index is -0.389. The van der Waals surface area contributed by atoms with Crippen molar-refractivity contribution in [1.82, 2.24) is 10.3 Å². The van der Waals surface area contributed by atoms with Crippen LogP contribution in [0.3, 0.4) is 0 Å². The van der Waals surface area contributed by atoms with Crippen LogP contribution in [-0.4, -0.2) is 49.6 Å². The van der Waals surface area contributed by atoms with Gasteiger partial charge in [-0.25, -0.2) is 4.98 Å². The highest BCUT2D eigenvalue weighted by Gasteiger charge is 2.35. The Morgan fingerprint density at radius 1 is 1.21 bits per heavy atom. The van der Waals surface area contributed by atoms with E-state index >= 15 is 0 Å². The first kappa shape index (κ1) is 19.7. The van der Waals surface area contributed by atoms with Gasteiger partial charge in [0, 0.05) is 38.8 Å². The van der Waals surface area contributed by atoms with E-state index in [1.807, 2.05) is 24.3 Å². The number of benzene rings is 1. The number of para-hydroxylation sites is 1. The molecule has 3 heterocycles. The molecule has 0 spiro atoms. The zero-order chi connectivity index (χ0) is 20.2. The first-order chi connectivity index (χ1) is 14.1. The number of carbonyl (C=O) groups excluding carboxylic acids is 2. The van der Waals surface area contributed by atoms with Crippen molar-refractivity contribution in [2.75, 3.05) is 42.6 Å². The fourth-order valence-electron chi connectivity index (χ4n) is 3.62. The highest BCUT2D eigenvalue weighted by molar-refractivity contribution is 6.33. The molecule has 1 atom stereocenters. The average molecular weight is 415 g/mol. The first-order valence-corrected chi connectivity index (χ1v) is 10.1. The zero-order valence-electron chi connectivity index (χ0n) is 16.0. The number of rotatable bonds is 5. The van der Waals surface area contributed by atoms with E-state index in [-0.39, 0.29) is 24.2 Å². The number of pyridine rings is 1. The molecule has 0 aliphatic carbocycles. The van der Waals surface area contributed by atoms with Gasteiger partial charge in [0.25, 0.3) is 0 Å². The Hall–Kier alpha value is -2.64. The van der Waals surface area contributed by atoms with Crippen molar-refractivity contribution in [2.24, 2.45) is 5.92 Å². The molecule has 0 saturated carbocycles. The van der Waals surface area contributed by atoms with Crippen LogP contribution in [0.15, 0.2) is 42.6 Å². The van der Waals surface area contributed by atoms with E-state index in [0.29, 0.717) is 37.0 Å². The first-order valence-electron chi connectivity index (χ1n) is 9.72. The molecule has 2 saturated heterocycles. The van der Waals surface area contributed by atoms with Gasteiger partial charge in [-0.2, -0.15) is 0 Å². The lowest BCUT2D eigenvalue weighted by Crippen LogP contribution is -2.36. The average Bonchev–Trinajstić information content (AvgIpc) is 3.15. The highest BCUT2D eigenvalue weighted by Crippen LogP contribution is 2.31. The molecule has 1 N–H and O–H groups in total. The molecule has 29 heavy (non-hydrogen) atoms. The van der Waals surface area contributed by atoms with Crippen LogP contribution in [0.5, 0.6) is 0 Å². The zero-order valence-corrected chi connectivity index (χ0v) is 16.8. The molecule has 1 aromatic heterocycles. The predicted molar refractivity (Wildman–Crippen MR) is 111 cm³/mol. The van der Waals surface area contributed by atoms with E-state index in [9.17, 15) is 9.59 Å². The standard InChI is InChI=1S/C21H23ClN4O3/c22-17-3-1-2-4-18(17)26-14-16(11-20(26)27)21(28)24-13-15-5-6-19(23-12-15)25-7-9-29-10-8-25/h1-6,12,16H,7-11,13-14H2,(H,24,28). The van der Waals surface area contributed by atoms with Crippen molar-refractivity contribution in [2.45, 2.75) is 13.0 Å². The molecule has 1 unspecified atom stereocenters. The molecule has 2 aliphatic heterocycles. The van der Waals surface area contributed by atoms with E-state index in [1.54, 1.807) is 23.2 Å². The van der Waals surface area contributed by atoms with Crippen LogP contribution in [0.4, 0.5) is 11.5 Å². The van der Waals surface area contributed by atoms with Gasteiger partial charge in [0.05, 0.1) is 29.8 Å². The molecule has 152 valence electrons. The number of halogens is 1. The summed E-state index contributed by atoms with van der Waals surface area (Å²) in [5.74, 6) is 0.305. The lowest BCUT2D eigenvalue weighted by molar-refractivity contribution is -0.126.